The molecule has 0 spiro atoms. The van der Waals surface area contributed by atoms with Gasteiger partial charge in [0.25, 0.3) is 0 Å². The van der Waals surface area contributed by atoms with Crippen molar-refractivity contribution in [2.75, 3.05) is 13.7 Å². The van der Waals surface area contributed by atoms with E-state index in [0.29, 0.717) is 12.2 Å². The quantitative estimate of drug-likeness (QED) is 0.808. The van der Waals surface area contributed by atoms with Gasteiger partial charge in [0.05, 0.1) is 7.11 Å². The lowest BCUT2D eigenvalue weighted by atomic mass is 10.1. The highest BCUT2D eigenvalue weighted by molar-refractivity contribution is 9.10. The van der Waals surface area contributed by atoms with Gasteiger partial charge in [-0.15, -0.1) is 0 Å². The molecule has 0 N–H and O–H groups in total. The fourth-order valence-corrected chi connectivity index (χ4v) is 2.14. The van der Waals surface area contributed by atoms with Crippen molar-refractivity contribution in [2.24, 2.45) is 0 Å². The highest BCUT2D eigenvalue weighted by atomic mass is 79.9. The Hall–Kier alpha value is -1.81. The van der Waals surface area contributed by atoms with Crippen LogP contribution in [0.1, 0.15) is 5.56 Å². The zero-order chi connectivity index (χ0) is 14.4. The summed E-state index contributed by atoms with van der Waals surface area (Å²) < 4.78 is 11.5. The van der Waals surface area contributed by atoms with E-state index >= 15 is 0 Å². The maximum atomic E-state index is 12.0. The molecule has 4 heteroatoms. The molecular formula is C16H15BrO3. The molecule has 0 heterocycles. The molecule has 0 bridgehead atoms. The third-order valence-electron chi connectivity index (χ3n) is 2.78. The maximum Gasteiger partial charge on any atom is 0.174 e. The Morgan fingerprint density at radius 3 is 2.55 bits per heavy atom. The summed E-state index contributed by atoms with van der Waals surface area (Å²) in [6.07, 6.45) is 0.310. The Kier molecular flexibility index (Phi) is 5.18. The normalized spacial score (nSPS) is 10.1. The lowest BCUT2D eigenvalue weighted by Gasteiger charge is -2.08. The van der Waals surface area contributed by atoms with Crippen LogP contribution in [-0.2, 0) is 11.2 Å². The summed E-state index contributed by atoms with van der Waals surface area (Å²) in [5.41, 5.74) is 0.894. The van der Waals surface area contributed by atoms with Crippen molar-refractivity contribution in [2.45, 2.75) is 6.42 Å². The van der Waals surface area contributed by atoms with E-state index < -0.39 is 0 Å². The molecule has 2 aromatic rings. The van der Waals surface area contributed by atoms with Gasteiger partial charge >= 0.3 is 0 Å². The SMILES string of the molecule is COc1ccc(Br)c(CC(=O)COc2ccccc2)c1. The van der Waals surface area contributed by atoms with Gasteiger partial charge in [-0.3, -0.25) is 4.79 Å². The van der Waals surface area contributed by atoms with Crippen LogP contribution in [0.5, 0.6) is 11.5 Å². The van der Waals surface area contributed by atoms with E-state index in [9.17, 15) is 4.79 Å². The van der Waals surface area contributed by atoms with E-state index in [-0.39, 0.29) is 12.4 Å². The van der Waals surface area contributed by atoms with Gasteiger partial charge < -0.3 is 9.47 Å². The van der Waals surface area contributed by atoms with E-state index in [4.69, 9.17) is 9.47 Å². The first-order chi connectivity index (χ1) is 9.69. The Morgan fingerprint density at radius 2 is 1.85 bits per heavy atom. The van der Waals surface area contributed by atoms with Crippen LogP contribution >= 0.6 is 15.9 Å². The minimum Gasteiger partial charge on any atom is -0.497 e. The molecule has 104 valence electrons. The van der Waals surface area contributed by atoms with Crippen LogP contribution in [0, 0.1) is 0 Å². The number of Topliss-reactive ketones (excluding diaryl/α,β-unsaturated/α-hetero) is 1. The number of ether oxygens (including phenoxy) is 2. The Balaban J connectivity index is 1.94. The van der Waals surface area contributed by atoms with Crippen LogP contribution < -0.4 is 9.47 Å². The van der Waals surface area contributed by atoms with E-state index in [0.717, 1.165) is 15.8 Å². The molecule has 0 saturated carbocycles. The minimum atomic E-state index is 0.0165. The zero-order valence-corrected chi connectivity index (χ0v) is 12.7. The third kappa shape index (κ3) is 4.10. The van der Waals surface area contributed by atoms with Crippen molar-refractivity contribution in [3.05, 3.63) is 58.6 Å². The van der Waals surface area contributed by atoms with Crippen LogP contribution in [-0.4, -0.2) is 19.5 Å². The van der Waals surface area contributed by atoms with Gasteiger partial charge in [0.2, 0.25) is 0 Å². The number of carbonyl (C=O) groups is 1. The first-order valence-electron chi connectivity index (χ1n) is 6.21. The van der Waals surface area contributed by atoms with E-state index in [1.165, 1.54) is 0 Å². The van der Waals surface area contributed by atoms with Crippen molar-refractivity contribution in [1.82, 2.24) is 0 Å². The fraction of sp³-hybridized carbons (Fsp3) is 0.188. The van der Waals surface area contributed by atoms with Gasteiger partial charge in [0.1, 0.15) is 18.1 Å². The van der Waals surface area contributed by atoms with Gasteiger partial charge in [-0.05, 0) is 35.9 Å². The summed E-state index contributed by atoms with van der Waals surface area (Å²) >= 11 is 3.44. The molecule has 0 fully saturated rings. The number of benzene rings is 2. The first-order valence-corrected chi connectivity index (χ1v) is 7.00. The second-order valence-electron chi connectivity index (χ2n) is 4.27. The molecule has 0 aliphatic rings. The molecule has 2 aromatic carbocycles. The monoisotopic (exact) mass is 334 g/mol. The van der Waals surface area contributed by atoms with Crippen LogP contribution in [0.2, 0.25) is 0 Å². The Bertz CT molecular complexity index is 582. The molecule has 0 aliphatic carbocycles. The highest BCUT2D eigenvalue weighted by Gasteiger charge is 2.09. The van der Waals surface area contributed by atoms with Crippen LogP contribution in [0.25, 0.3) is 0 Å². The van der Waals surface area contributed by atoms with Crippen molar-refractivity contribution in [3.63, 3.8) is 0 Å². The van der Waals surface area contributed by atoms with Crippen LogP contribution in [0.4, 0.5) is 0 Å². The van der Waals surface area contributed by atoms with Crippen molar-refractivity contribution in [3.8, 4) is 11.5 Å². The second-order valence-corrected chi connectivity index (χ2v) is 5.13. The average Bonchev–Trinajstić information content (AvgIpc) is 2.48. The summed E-state index contributed by atoms with van der Waals surface area (Å²) in [5.74, 6) is 1.45. The molecule has 20 heavy (non-hydrogen) atoms. The smallest absolute Gasteiger partial charge is 0.174 e. The van der Waals surface area contributed by atoms with Crippen LogP contribution in [0.15, 0.2) is 53.0 Å². The number of rotatable bonds is 6. The lowest BCUT2D eigenvalue weighted by molar-refractivity contribution is -0.120. The zero-order valence-electron chi connectivity index (χ0n) is 11.1. The van der Waals surface area contributed by atoms with E-state index in [2.05, 4.69) is 15.9 Å². The molecule has 0 radical (unpaired) electrons. The molecule has 3 nitrogen and oxygen atoms in total. The second kappa shape index (κ2) is 7.10. The van der Waals surface area contributed by atoms with Crippen molar-refractivity contribution < 1.29 is 14.3 Å². The van der Waals surface area contributed by atoms with Gasteiger partial charge in [0.15, 0.2) is 5.78 Å². The standard InChI is InChI=1S/C16H15BrO3/c1-19-15-7-8-16(17)12(10-15)9-13(18)11-20-14-5-3-2-4-6-14/h2-8,10H,9,11H2,1H3. The van der Waals surface area contributed by atoms with Gasteiger partial charge in [0, 0.05) is 10.9 Å². The molecule has 0 aromatic heterocycles. The number of hydrogen-bond donors (Lipinski definition) is 0. The molecule has 0 amide bonds. The third-order valence-corrected chi connectivity index (χ3v) is 3.56. The summed E-state index contributed by atoms with van der Waals surface area (Å²) in [5, 5.41) is 0. The van der Waals surface area contributed by atoms with Crippen molar-refractivity contribution in [1.29, 1.82) is 0 Å². The summed E-state index contributed by atoms with van der Waals surface area (Å²) in [6, 6.07) is 14.9. The molecular weight excluding hydrogens is 320 g/mol. The average molecular weight is 335 g/mol. The first kappa shape index (κ1) is 14.6. The van der Waals surface area contributed by atoms with E-state index in [1.54, 1.807) is 7.11 Å². The fourth-order valence-electron chi connectivity index (χ4n) is 1.76. The number of hydrogen-bond acceptors (Lipinski definition) is 3. The lowest BCUT2D eigenvalue weighted by Crippen LogP contribution is -2.14. The Morgan fingerprint density at radius 1 is 1.10 bits per heavy atom. The molecule has 0 atom stereocenters. The molecule has 2 rings (SSSR count). The predicted molar refractivity (Wildman–Crippen MR) is 81.3 cm³/mol. The van der Waals surface area contributed by atoms with Crippen molar-refractivity contribution >= 4 is 21.7 Å². The maximum absolute atomic E-state index is 12.0. The Labute approximate surface area is 126 Å². The summed E-state index contributed by atoms with van der Waals surface area (Å²) in [7, 11) is 1.60. The van der Waals surface area contributed by atoms with Crippen LogP contribution in [0.3, 0.4) is 0 Å². The largest absolute Gasteiger partial charge is 0.497 e. The van der Waals surface area contributed by atoms with E-state index in [1.807, 2.05) is 48.5 Å². The number of methoxy groups -OCH3 is 1. The predicted octanol–water partition coefficient (Wildman–Crippen LogP) is 3.65. The topological polar surface area (TPSA) is 35.5 Å². The number of carbonyl (C=O) groups excluding carboxylic acids is 1. The minimum absolute atomic E-state index is 0.0165. The molecule has 0 aliphatic heterocycles. The molecule has 0 unspecified atom stereocenters. The highest BCUT2D eigenvalue weighted by Crippen LogP contribution is 2.23. The van der Waals surface area contributed by atoms with Gasteiger partial charge in [-0.25, -0.2) is 0 Å². The van der Waals surface area contributed by atoms with Gasteiger partial charge in [-0.1, -0.05) is 34.1 Å². The number of halogens is 1. The van der Waals surface area contributed by atoms with Gasteiger partial charge in [-0.2, -0.15) is 0 Å². The summed E-state index contributed by atoms with van der Waals surface area (Å²) in [4.78, 5) is 12.0. The number of para-hydroxylation sites is 1. The number of ketones is 1. The molecule has 0 saturated heterocycles. The summed E-state index contributed by atoms with van der Waals surface area (Å²) in [6.45, 7) is 0.0632.